The number of hydrogen-bond donors (Lipinski definition) is 2. The van der Waals surface area contributed by atoms with Crippen molar-refractivity contribution in [1.29, 1.82) is 0 Å². The molecule has 7 heteroatoms. The Balaban J connectivity index is 3.18. The molecule has 1 aromatic rings. The summed E-state index contributed by atoms with van der Waals surface area (Å²) >= 11 is 0. The van der Waals surface area contributed by atoms with Crippen LogP contribution in [0.4, 0.5) is 13.2 Å². The van der Waals surface area contributed by atoms with E-state index >= 15 is 0 Å². The second-order valence-corrected chi connectivity index (χ2v) is 3.26. The first-order chi connectivity index (χ1) is 7.82. The molecule has 1 atom stereocenters. The van der Waals surface area contributed by atoms with Crippen molar-refractivity contribution < 1.29 is 32.9 Å². The lowest BCUT2D eigenvalue weighted by atomic mass is 10.0. The smallest absolute Gasteiger partial charge is 0.387 e. The Labute approximate surface area is 94.3 Å². The highest BCUT2D eigenvalue weighted by molar-refractivity contribution is 5.74. The summed E-state index contributed by atoms with van der Waals surface area (Å²) in [6.07, 6.45) is -1.92. The van der Waals surface area contributed by atoms with Crippen molar-refractivity contribution in [1.82, 2.24) is 0 Å². The third kappa shape index (κ3) is 3.10. The molecular formula is C10H9F3O4. The van der Waals surface area contributed by atoms with Crippen LogP contribution in [-0.2, 0) is 4.79 Å². The SMILES string of the molecule is Cc1cc(F)c(OC(F)F)cc1C(O)C(=O)O. The number of ether oxygens (including phenoxy) is 1. The maximum absolute atomic E-state index is 13.2. The van der Waals surface area contributed by atoms with Crippen molar-refractivity contribution in [2.24, 2.45) is 0 Å². The van der Waals surface area contributed by atoms with E-state index in [9.17, 15) is 23.1 Å². The topological polar surface area (TPSA) is 66.8 Å². The Hall–Kier alpha value is -1.76. The Morgan fingerprint density at radius 1 is 1.41 bits per heavy atom. The van der Waals surface area contributed by atoms with Gasteiger partial charge in [-0.15, -0.1) is 0 Å². The van der Waals surface area contributed by atoms with Crippen molar-refractivity contribution >= 4 is 5.97 Å². The van der Waals surface area contributed by atoms with Gasteiger partial charge in [-0.2, -0.15) is 8.78 Å². The fraction of sp³-hybridized carbons (Fsp3) is 0.300. The van der Waals surface area contributed by atoms with Crippen LogP contribution in [0.15, 0.2) is 12.1 Å². The lowest BCUT2D eigenvalue weighted by Crippen LogP contribution is -2.13. The molecule has 0 amide bonds. The standard InChI is InChI=1S/C10H9F3O4/c1-4-2-6(11)7(17-10(12)13)3-5(4)8(14)9(15)16/h2-3,8,10,14H,1H3,(H,15,16). The minimum atomic E-state index is -3.23. The molecule has 0 spiro atoms. The van der Waals surface area contributed by atoms with Gasteiger partial charge in [0, 0.05) is 0 Å². The predicted octanol–water partition coefficient (Wildman–Crippen LogP) is 1.85. The molecule has 1 rings (SSSR count). The lowest BCUT2D eigenvalue weighted by Gasteiger charge is -2.13. The number of rotatable bonds is 4. The normalized spacial score (nSPS) is 12.6. The summed E-state index contributed by atoms with van der Waals surface area (Å²) in [5.74, 6) is -3.42. The van der Waals surface area contributed by atoms with Crippen molar-refractivity contribution in [3.63, 3.8) is 0 Å². The third-order valence-electron chi connectivity index (χ3n) is 2.07. The van der Waals surface area contributed by atoms with E-state index in [2.05, 4.69) is 4.74 Å². The molecule has 2 N–H and O–H groups in total. The van der Waals surface area contributed by atoms with Gasteiger partial charge in [-0.25, -0.2) is 9.18 Å². The fourth-order valence-corrected chi connectivity index (χ4v) is 1.28. The van der Waals surface area contributed by atoms with Gasteiger partial charge in [-0.05, 0) is 30.2 Å². The molecule has 94 valence electrons. The van der Waals surface area contributed by atoms with E-state index in [0.717, 1.165) is 12.1 Å². The van der Waals surface area contributed by atoms with Gasteiger partial charge >= 0.3 is 12.6 Å². The van der Waals surface area contributed by atoms with Crippen LogP contribution in [0.3, 0.4) is 0 Å². The van der Waals surface area contributed by atoms with Gasteiger partial charge in [0.15, 0.2) is 17.7 Å². The molecule has 0 aromatic heterocycles. The summed E-state index contributed by atoms with van der Waals surface area (Å²) in [4.78, 5) is 10.5. The van der Waals surface area contributed by atoms with E-state index in [0.29, 0.717) is 0 Å². The molecule has 0 aliphatic heterocycles. The van der Waals surface area contributed by atoms with Crippen molar-refractivity contribution in [2.45, 2.75) is 19.6 Å². The summed E-state index contributed by atoms with van der Waals surface area (Å²) in [6.45, 7) is -1.89. The molecule has 17 heavy (non-hydrogen) atoms. The lowest BCUT2D eigenvalue weighted by molar-refractivity contribution is -0.147. The largest absolute Gasteiger partial charge is 0.479 e. The molecule has 0 fully saturated rings. The maximum Gasteiger partial charge on any atom is 0.387 e. The van der Waals surface area contributed by atoms with E-state index in [-0.39, 0.29) is 11.1 Å². The van der Waals surface area contributed by atoms with E-state index < -0.39 is 30.3 Å². The molecule has 0 aliphatic carbocycles. The fourth-order valence-electron chi connectivity index (χ4n) is 1.28. The number of carboxylic acids is 1. The summed E-state index contributed by atoms with van der Waals surface area (Å²) in [7, 11) is 0. The average Bonchev–Trinajstić information content (AvgIpc) is 2.20. The minimum Gasteiger partial charge on any atom is -0.479 e. The zero-order valence-corrected chi connectivity index (χ0v) is 8.65. The number of aliphatic hydroxyl groups is 1. The molecule has 0 saturated heterocycles. The van der Waals surface area contributed by atoms with Crippen LogP contribution in [0.2, 0.25) is 0 Å². The van der Waals surface area contributed by atoms with Gasteiger partial charge in [-0.3, -0.25) is 0 Å². The van der Waals surface area contributed by atoms with Crippen LogP contribution >= 0.6 is 0 Å². The van der Waals surface area contributed by atoms with Gasteiger partial charge in [0.1, 0.15) is 0 Å². The zero-order chi connectivity index (χ0) is 13.2. The first-order valence-electron chi connectivity index (χ1n) is 4.48. The molecule has 0 radical (unpaired) electrons. The summed E-state index contributed by atoms with van der Waals surface area (Å²) in [5.41, 5.74) is -0.0754. The second-order valence-electron chi connectivity index (χ2n) is 3.26. The molecule has 0 bridgehead atoms. The number of halogens is 3. The van der Waals surface area contributed by atoms with E-state index in [4.69, 9.17) is 5.11 Å². The zero-order valence-electron chi connectivity index (χ0n) is 8.65. The van der Waals surface area contributed by atoms with E-state index in [1.165, 1.54) is 6.92 Å². The minimum absolute atomic E-state index is 0.124. The number of hydrogen-bond acceptors (Lipinski definition) is 3. The summed E-state index contributed by atoms with van der Waals surface area (Å²) < 4.78 is 40.9. The van der Waals surface area contributed by atoms with Crippen LogP contribution in [-0.4, -0.2) is 22.8 Å². The number of benzene rings is 1. The maximum atomic E-state index is 13.2. The van der Waals surface area contributed by atoms with Gasteiger partial charge in [-0.1, -0.05) is 0 Å². The Morgan fingerprint density at radius 3 is 2.47 bits per heavy atom. The molecular weight excluding hydrogens is 241 g/mol. The quantitative estimate of drug-likeness (QED) is 0.855. The number of carbonyl (C=O) groups is 1. The van der Waals surface area contributed by atoms with Crippen LogP contribution in [0.25, 0.3) is 0 Å². The van der Waals surface area contributed by atoms with Crippen LogP contribution < -0.4 is 4.74 Å². The monoisotopic (exact) mass is 250 g/mol. The average molecular weight is 250 g/mol. The number of aryl methyl sites for hydroxylation is 1. The van der Waals surface area contributed by atoms with Crippen LogP contribution in [0, 0.1) is 12.7 Å². The summed E-state index contributed by atoms with van der Waals surface area (Å²) in [5, 5.41) is 17.8. The highest BCUT2D eigenvalue weighted by atomic mass is 19.3. The van der Waals surface area contributed by atoms with E-state index in [1.54, 1.807) is 0 Å². The second kappa shape index (κ2) is 5.05. The third-order valence-corrected chi connectivity index (χ3v) is 2.07. The number of aliphatic hydroxyl groups excluding tert-OH is 1. The number of alkyl halides is 2. The van der Waals surface area contributed by atoms with E-state index in [1.807, 2.05) is 0 Å². The predicted molar refractivity (Wildman–Crippen MR) is 50.4 cm³/mol. The summed E-state index contributed by atoms with van der Waals surface area (Å²) in [6, 6.07) is 1.56. The molecule has 1 aromatic carbocycles. The number of aliphatic carboxylic acids is 1. The Bertz CT molecular complexity index is 434. The van der Waals surface area contributed by atoms with Crippen molar-refractivity contribution in [3.8, 4) is 5.75 Å². The molecule has 0 aliphatic rings. The van der Waals surface area contributed by atoms with Crippen molar-refractivity contribution in [3.05, 3.63) is 29.1 Å². The first-order valence-corrected chi connectivity index (χ1v) is 4.48. The van der Waals surface area contributed by atoms with Crippen LogP contribution in [0.1, 0.15) is 17.2 Å². The van der Waals surface area contributed by atoms with Gasteiger partial charge in [0.2, 0.25) is 0 Å². The first kappa shape index (κ1) is 13.3. The molecule has 4 nitrogen and oxygen atoms in total. The van der Waals surface area contributed by atoms with Crippen molar-refractivity contribution in [2.75, 3.05) is 0 Å². The van der Waals surface area contributed by atoms with Gasteiger partial charge in [0.25, 0.3) is 0 Å². The molecule has 0 saturated carbocycles. The highest BCUT2D eigenvalue weighted by Gasteiger charge is 2.21. The Morgan fingerprint density at radius 2 is 2.00 bits per heavy atom. The number of carboxylic acid groups (broad SMARTS) is 1. The molecule has 0 heterocycles. The highest BCUT2D eigenvalue weighted by Crippen LogP contribution is 2.27. The Kier molecular flexibility index (Phi) is 3.95. The van der Waals surface area contributed by atoms with Gasteiger partial charge in [0.05, 0.1) is 0 Å². The van der Waals surface area contributed by atoms with Crippen LogP contribution in [0.5, 0.6) is 5.75 Å². The van der Waals surface area contributed by atoms with Gasteiger partial charge < -0.3 is 14.9 Å². The molecule has 1 unspecified atom stereocenters.